The van der Waals surface area contributed by atoms with Gasteiger partial charge < -0.3 is 9.47 Å². The Hall–Kier alpha value is -2.93. The molecule has 0 aliphatic heterocycles. The fourth-order valence-corrected chi connectivity index (χ4v) is 2.72. The summed E-state index contributed by atoms with van der Waals surface area (Å²) in [6.07, 6.45) is 3.08. The van der Waals surface area contributed by atoms with E-state index in [1.807, 2.05) is 49.6 Å². The fraction of sp³-hybridized carbons (Fsp3) is 0.200. The summed E-state index contributed by atoms with van der Waals surface area (Å²) in [7, 11) is 0. The zero-order chi connectivity index (χ0) is 19.1. The number of hydrogen-bond acceptors (Lipinski definition) is 5. The fourth-order valence-electron chi connectivity index (χ4n) is 2.47. The van der Waals surface area contributed by atoms with Crippen LogP contribution in [-0.2, 0) is 0 Å². The van der Waals surface area contributed by atoms with Crippen LogP contribution < -0.4 is 14.4 Å². The Labute approximate surface area is 162 Å². The lowest BCUT2D eigenvalue weighted by Gasteiger charge is -2.21. The minimum absolute atomic E-state index is 0.468. The number of aromatic nitrogens is 2. The molecule has 0 fully saturated rings. The largest absolute Gasteiger partial charge is 0.492 e. The molecule has 27 heavy (non-hydrogen) atoms. The Morgan fingerprint density at radius 1 is 1.19 bits per heavy atom. The molecule has 2 aromatic carbocycles. The molecule has 1 aromatic heterocycles. The van der Waals surface area contributed by atoms with Gasteiger partial charge in [-0.2, -0.15) is 16.9 Å². The van der Waals surface area contributed by atoms with Crippen molar-refractivity contribution in [3.63, 3.8) is 0 Å². The number of rotatable bonds is 7. The Balaban J connectivity index is 1.89. The molecule has 0 aliphatic carbocycles. The molecule has 0 radical (unpaired) electrons. The molecule has 3 rings (SSSR count). The summed E-state index contributed by atoms with van der Waals surface area (Å²) < 4.78 is 11.4. The highest BCUT2D eigenvalue weighted by atomic mass is 32.2. The molecule has 0 saturated heterocycles. The van der Waals surface area contributed by atoms with Gasteiger partial charge in [-0.25, -0.2) is 9.69 Å². The van der Waals surface area contributed by atoms with E-state index in [0.29, 0.717) is 23.9 Å². The van der Waals surface area contributed by atoms with Gasteiger partial charge in [0.15, 0.2) is 0 Å². The third-order valence-corrected chi connectivity index (χ3v) is 4.41. The monoisotopic (exact) mass is 383 g/mol. The number of benzene rings is 2. The predicted octanol–water partition coefficient (Wildman–Crippen LogP) is 4.80. The molecule has 1 N–H and O–H groups in total. The Morgan fingerprint density at radius 2 is 2.00 bits per heavy atom. The van der Waals surface area contributed by atoms with Crippen molar-refractivity contribution < 1.29 is 14.3 Å². The predicted molar refractivity (Wildman–Crippen MR) is 108 cm³/mol. The average molecular weight is 383 g/mol. The first-order chi connectivity index (χ1) is 13.2. The number of carbonyl (C=O) groups is 1. The summed E-state index contributed by atoms with van der Waals surface area (Å²) in [4.78, 5) is 14.3. The van der Waals surface area contributed by atoms with E-state index in [1.165, 1.54) is 4.90 Å². The van der Waals surface area contributed by atoms with Crippen LogP contribution in [0.15, 0.2) is 60.8 Å². The van der Waals surface area contributed by atoms with E-state index in [9.17, 15) is 4.79 Å². The second-order valence-electron chi connectivity index (χ2n) is 5.75. The van der Waals surface area contributed by atoms with Crippen molar-refractivity contribution in [2.45, 2.75) is 6.92 Å². The van der Waals surface area contributed by atoms with Crippen LogP contribution in [0, 0.1) is 6.92 Å². The molecule has 3 aromatic rings. The molecule has 0 unspecified atom stereocenters. The van der Waals surface area contributed by atoms with E-state index in [0.717, 1.165) is 17.1 Å². The van der Waals surface area contributed by atoms with Gasteiger partial charge >= 0.3 is 6.09 Å². The maximum Gasteiger partial charge on any atom is 0.425 e. The van der Waals surface area contributed by atoms with Gasteiger partial charge in [-0.15, -0.1) is 0 Å². The third kappa shape index (κ3) is 4.83. The quantitative estimate of drug-likeness (QED) is 0.594. The Morgan fingerprint density at radius 3 is 2.70 bits per heavy atom. The number of hydrogen-bond donors (Lipinski definition) is 1. The smallest absolute Gasteiger partial charge is 0.425 e. The van der Waals surface area contributed by atoms with Crippen molar-refractivity contribution >= 4 is 29.4 Å². The van der Waals surface area contributed by atoms with E-state index in [2.05, 4.69) is 10.2 Å². The number of carbonyl (C=O) groups excluding carboxylic acids is 1. The first kappa shape index (κ1) is 18.8. The van der Waals surface area contributed by atoms with Crippen LogP contribution in [0.1, 0.15) is 5.56 Å². The number of thioether (sulfide) groups is 1. The molecule has 1 heterocycles. The summed E-state index contributed by atoms with van der Waals surface area (Å²) in [5.74, 6) is 2.60. The molecule has 0 aliphatic rings. The van der Waals surface area contributed by atoms with Crippen molar-refractivity contribution in [1.82, 2.24) is 10.2 Å². The third-order valence-electron chi connectivity index (χ3n) is 3.83. The van der Waals surface area contributed by atoms with E-state index in [1.54, 1.807) is 36.2 Å². The molecule has 6 nitrogen and oxygen atoms in total. The SMILES string of the molecule is CSCCOc1cc(N(C(=O)Oc2ccccc2)c2ccn[nH]2)ccc1C. The maximum atomic E-state index is 12.9. The van der Waals surface area contributed by atoms with Gasteiger partial charge in [0.25, 0.3) is 0 Å². The highest BCUT2D eigenvalue weighted by Gasteiger charge is 2.22. The number of anilines is 2. The van der Waals surface area contributed by atoms with Crippen LogP contribution in [0.2, 0.25) is 0 Å². The summed E-state index contributed by atoms with van der Waals surface area (Å²) in [5, 5.41) is 6.77. The number of amides is 1. The van der Waals surface area contributed by atoms with Crippen molar-refractivity contribution in [3.05, 3.63) is 66.4 Å². The minimum atomic E-state index is -0.538. The molecule has 7 heteroatoms. The number of aryl methyl sites for hydroxylation is 1. The van der Waals surface area contributed by atoms with Gasteiger partial charge in [0.2, 0.25) is 0 Å². The normalized spacial score (nSPS) is 10.4. The first-order valence-corrected chi connectivity index (χ1v) is 9.87. The van der Waals surface area contributed by atoms with Crippen LogP contribution in [0.5, 0.6) is 11.5 Å². The summed E-state index contributed by atoms with van der Waals surface area (Å²) >= 11 is 1.72. The Kier molecular flexibility index (Phi) is 6.38. The highest BCUT2D eigenvalue weighted by molar-refractivity contribution is 7.98. The van der Waals surface area contributed by atoms with Crippen LogP contribution in [0.3, 0.4) is 0 Å². The molecule has 140 valence electrons. The van der Waals surface area contributed by atoms with Crippen molar-refractivity contribution in [2.24, 2.45) is 0 Å². The number of nitrogens with zero attached hydrogens (tertiary/aromatic N) is 2. The standard InChI is InChI=1S/C20H21N3O3S/c1-15-8-9-16(14-18(15)25-12-13-27-2)23(19-10-11-21-22-19)20(24)26-17-6-4-3-5-7-17/h3-11,14H,12-13H2,1-2H3,(H,21,22). The van der Waals surface area contributed by atoms with E-state index < -0.39 is 6.09 Å². The molecule has 0 atom stereocenters. The zero-order valence-electron chi connectivity index (χ0n) is 15.2. The topological polar surface area (TPSA) is 67.4 Å². The van der Waals surface area contributed by atoms with Crippen LogP contribution in [0.25, 0.3) is 0 Å². The number of para-hydroxylation sites is 1. The molecule has 0 bridgehead atoms. The molecule has 0 spiro atoms. The maximum absolute atomic E-state index is 12.9. The van der Waals surface area contributed by atoms with Gasteiger partial charge in [-0.05, 0) is 36.9 Å². The molecule has 0 saturated carbocycles. The second kappa shape index (κ2) is 9.14. The second-order valence-corrected chi connectivity index (χ2v) is 6.73. The first-order valence-electron chi connectivity index (χ1n) is 8.48. The van der Waals surface area contributed by atoms with Gasteiger partial charge in [0.05, 0.1) is 18.5 Å². The van der Waals surface area contributed by atoms with Gasteiger partial charge in [0, 0.05) is 17.9 Å². The lowest BCUT2D eigenvalue weighted by molar-refractivity contribution is 0.210. The molecular weight excluding hydrogens is 362 g/mol. The number of ether oxygens (including phenoxy) is 2. The lowest BCUT2D eigenvalue weighted by Crippen LogP contribution is -2.29. The Bertz CT molecular complexity index is 869. The van der Waals surface area contributed by atoms with Crippen LogP contribution in [-0.4, -0.2) is 34.9 Å². The van der Waals surface area contributed by atoms with Crippen LogP contribution >= 0.6 is 11.8 Å². The van der Waals surface area contributed by atoms with E-state index in [-0.39, 0.29) is 0 Å². The number of nitrogens with one attached hydrogen (secondary N) is 1. The number of aromatic amines is 1. The van der Waals surface area contributed by atoms with E-state index >= 15 is 0 Å². The van der Waals surface area contributed by atoms with Crippen molar-refractivity contribution in [1.29, 1.82) is 0 Å². The molecular formula is C20H21N3O3S. The highest BCUT2D eigenvalue weighted by Crippen LogP contribution is 2.30. The average Bonchev–Trinajstić information content (AvgIpc) is 3.19. The summed E-state index contributed by atoms with van der Waals surface area (Å²) in [6.45, 7) is 2.57. The lowest BCUT2D eigenvalue weighted by atomic mass is 10.2. The van der Waals surface area contributed by atoms with Gasteiger partial charge in [-0.3, -0.25) is 5.10 Å². The molecule has 1 amide bonds. The minimum Gasteiger partial charge on any atom is -0.492 e. The zero-order valence-corrected chi connectivity index (χ0v) is 16.0. The summed E-state index contributed by atoms with van der Waals surface area (Å²) in [6, 6.07) is 16.3. The number of H-pyrrole nitrogens is 1. The van der Waals surface area contributed by atoms with Gasteiger partial charge in [-0.1, -0.05) is 24.3 Å². The van der Waals surface area contributed by atoms with E-state index in [4.69, 9.17) is 9.47 Å². The van der Waals surface area contributed by atoms with Gasteiger partial charge in [0.1, 0.15) is 17.3 Å². The summed E-state index contributed by atoms with van der Waals surface area (Å²) in [5.41, 5.74) is 1.63. The van der Waals surface area contributed by atoms with Crippen molar-refractivity contribution in [3.8, 4) is 11.5 Å². The van der Waals surface area contributed by atoms with Crippen molar-refractivity contribution in [2.75, 3.05) is 23.5 Å². The van der Waals surface area contributed by atoms with Crippen LogP contribution in [0.4, 0.5) is 16.3 Å².